The van der Waals surface area contributed by atoms with E-state index in [2.05, 4.69) is 20.7 Å². The number of hydrogen-bond acceptors (Lipinski definition) is 7. The Labute approximate surface area is 223 Å². The Kier molecular flexibility index (Phi) is 10.8. The van der Waals surface area contributed by atoms with Crippen LogP contribution in [0.4, 0.5) is 11.4 Å². The number of benzene rings is 2. The van der Waals surface area contributed by atoms with Crippen LogP contribution in [0.3, 0.4) is 0 Å². The largest absolute Gasteiger partial charge is 0.360 e. The Morgan fingerprint density at radius 2 is 1.59 bits per heavy atom. The number of rotatable bonds is 10. The van der Waals surface area contributed by atoms with E-state index in [4.69, 9.17) is 12.2 Å². The minimum Gasteiger partial charge on any atom is -0.360 e. The van der Waals surface area contributed by atoms with Gasteiger partial charge < -0.3 is 16.0 Å². The summed E-state index contributed by atoms with van der Waals surface area (Å²) in [6.45, 7) is 6.85. The lowest BCUT2D eigenvalue weighted by Crippen LogP contribution is -2.34. The molecular formula is C24H30N4O6S3. The number of thiol groups is 1. The number of amides is 2. The van der Waals surface area contributed by atoms with Gasteiger partial charge in [0.2, 0.25) is 11.8 Å². The van der Waals surface area contributed by atoms with E-state index in [1.54, 1.807) is 13.0 Å². The second-order valence-electron chi connectivity index (χ2n) is 8.33. The van der Waals surface area contributed by atoms with Gasteiger partial charge in [0.25, 0.3) is 10.0 Å². The molecule has 0 unspecified atom stereocenters. The van der Waals surface area contributed by atoms with Gasteiger partial charge in [-0.3, -0.25) is 9.59 Å². The van der Waals surface area contributed by atoms with Crippen LogP contribution in [0, 0.1) is 0 Å². The van der Waals surface area contributed by atoms with Crippen LogP contribution in [0.5, 0.6) is 0 Å². The molecule has 0 radical (unpaired) electrons. The molecule has 2 rings (SSSR count). The molecule has 0 aliphatic carbocycles. The lowest BCUT2D eigenvalue weighted by atomic mass is 10.1. The first kappa shape index (κ1) is 29.9. The zero-order valence-corrected chi connectivity index (χ0v) is 23.4. The third kappa shape index (κ3) is 9.26. The zero-order valence-electron chi connectivity index (χ0n) is 20.8. The lowest BCUT2D eigenvalue weighted by molar-refractivity contribution is -0.119. The average Bonchev–Trinajstić information content (AvgIpc) is 2.77. The topological polar surface area (TPSA) is 151 Å². The highest BCUT2D eigenvalue weighted by atomic mass is 32.2. The normalized spacial score (nSPS) is 11.5. The van der Waals surface area contributed by atoms with Crippen molar-refractivity contribution in [2.75, 3.05) is 10.6 Å². The Balaban J connectivity index is 2.54. The highest BCUT2D eigenvalue weighted by molar-refractivity contribution is 7.90. The van der Waals surface area contributed by atoms with E-state index in [1.807, 2.05) is 13.8 Å². The standard InChI is InChI=1S/C24H30N4O6S3/c1-5-6-23(30)28-37(33,34)22-14-20(27-24(35)25-15(2)3)12-10-18(22)8-7-17-9-11-19(26-16(4)29)13-21(17)36(31)32/h7-15,36H,5-6H2,1-4H3,(H,26,29)(H,28,30)(H2,25,27,35)/b8-7+. The first-order valence-corrected chi connectivity index (χ1v) is 14.4. The molecule has 0 bridgehead atoms. The number of carbonyl (C=O) groups excluding carboxylic acids is 2. The summed E-state index contributed by atoms with van der Waals surface area (Å²) in [5, 5.41) is 8.72. The molecule has 37 heavy (non-hydrogen) atoms. The van der Waals surface area contributed by atoms with Crippen molar-refractivity contribution < 1.29 is 26.4 Å². The monoisotopic (exact) mass is 566 g/mol. The third-order valence-electron chi connectivity index (χ3n) is 4.70. The molecule has 0 heterocycles. The maximum absolute atomic E-state index is 13.1. The third-order valence-corrected chi connectivity index (χ3v) is 7.13. The number of sulfonamides is 1. The van der Waals surface area contributed by atoms with Crippen molar-refractivity contribution in [1.29, 1.82) is 0 Å². The molecule has 0 aliphatic rings. The van der Waals surface area contributed by atoms with Gasteiger partial charge in [0.1, 0.15) is 0 Å². The van der Waals surface area contributed by atoms with Gasteiger partial charge in [0.05, 0.1) is 9.79 Å². The van der Waals surface area contributed by atoms with Crippen LogP contribution in [-0.2, 0) is 30.3 Å². The van der Waals surface area contributed by atoms with E-state index in [-0.39, 0.29) is 39.3 Å². The lowest BCUT2D eigenvalue weighted by Gasteiger charge is -2.15. The van der Waals surface area contributed by atoms with Crippen LogP contribution in [0.25, 0.3) is 12.2 Å². The van der Waals surface area contributed by atoms with Crippen LogP contribution in [0.15, 0.2) is 46.2 Å². The molecule has 2 amide bonds. The van der Waals surface area contributed by atoms with Gasteiger partial charge in [-0.05, 0) is 67.9 Å². The number of anilines is 2. The van der Waals surface area contributed by atoms with E-state index < -0.39 is 26.6 Å². The summed E-state index contributed by atoms with van der Waals surface area (Å²) in [5.74, 6) is -1.00. The van der Waals surface area contributed by atoms with Gasteiger partial charge in [-0.15, -0.1) is 0 Å². The molecule has 13 heteroatoms. The molecule has 2 aromatic rings. The van der Waals surface area contributed by atoms with E-state index in [1.165, 1.54) is 49.4 Å². The Morgan fingerprint density at radius 1 is 1.00 bits per heavy atom. The molecule has 10 nitrogen and oxygen atoms in total. The van der Waals surface area contributed by atoms with Gasteiger partial charge in [-0.25, -0.2) is 21.6 Å². The van der Waals surface area contributed by atoms with Gasteiger partial charge in [-0.1, -0.05) is 31.2 Å². The molecule has 2 aromatic carbocycles. The fourth-order valence-electron chi connectivity index (χ4n) is 3.20. The van der Waals surface area contributed by atoms with Crippen molar-refractivity contribution in [3.8, 4) is 0 Å². The summed E-state index contributed by atoms with van der Waals surface area (Å²) in [7, 11) is -7.28. The highest BCUT2D eigenvalue weighted by Crippen LogP contribution is 2.25. The molecular weight excluding hydrogens is 536 g/mol. The van der Waals surface area contributed by atoms with Gasteiger partial charge in [0, 0.05) is 30.8 Å². The van der Waals surface area contributed by atoms with Crippen LogP contribution in [-0.4, -0.2) is 39.8 Å². The molecule has 0 spiro atoms. The maximum Gasteiger partial charge on any atom is 0.264 e. The SMILES string of the molecule is CCCC(=O)NS(=O)(=O)c1cc(NC(=S)NC(C)C)ccc1/C=C/c1ccc(NC(C)=O)cc1[SH](=O)=O. The van der Waals surface area contributed by atoms with E-state index >= 15 is 0 Å². The van der Waals surface area contributed by atoms with Crippen molar-refractivity contribution in [2.45, 2.75) is 56.4 Å². The molecule has 4 N–H and O–H groups in total. The second-order valence-corrected chi connectivity index (χ2v) is 11.4. The van der Waals surface area contributed by atoms with Crippen LogP contribution >= 0.6 is 12.2 Å². The number of carbonyl (C=O) groups is 2. The van der Waals surface area contributed by atoms with Crippen molar-refractivity contribution in [3.63, 3.8) is 0 Å². The summed E-state index contributed by atoms with van der Waals surface area (Å²) in [6, 6.07) is 8.84. The first-order valence-electron chi connectivity index (χ1n) is 11.3. The predicted octanol–water partition coefficient (Wildman–Crippen LogP) is 3.09. The minimum absolute atomic E-state index is 0.0330. The molecule has 0 saturated heterocycles. The molecule has 0 aliphatic heterocycles. The maximum atomic E-state index is 13.1. The Bertz CT molecular complexity index is 1390. The van der Waals surface area contributed by atoms with Gasteiger partial charge in [-0.2, -0.15) is 0 Å². The summed E-state index contributed by atoms with van der Waals surface area (Å²) in [4.78, 5) is 23.1. The summed E-state index contributed by atoms with van der Waals surface area (Å²) >= 11 is 5.24. The van der Waals surface area contributed by atoms with Crippen LogP contribution < -0.4 is 20.7 Å². The second kappa shape index (κ2) is 13.3. The number of hydrogen-bond donors (Lipinski definition) is 5. The number of thiocarbonyl (C=S) groups is 1. The van der Waals surface area contributed by atoms with E-state index in [0.29, 0.717) is 22.9 Å². The fourth-order valence-corrected chi connectivity index (χ4v) is 5.40. The van der Waals surface area contributed by atoms with Crippen LogP contribution in [0.1, 0.15) is 51.7 Å². The van der Waals surface area contributed by atoms with E-state index in [0.717, 1.165) is 0 Å². The van der Waals surface area contributed by atoms with Gasteiger partial charge >= 0.3 is 0 Å². The number of nitrogens with one attached hydrogen (secondary N) is 4. The van der Waals surface area contributed by atoms with Crippen LogP contribution in [0.2, 0.25) is 0 Å². The van der Waals surface area contributed by atoms with Crippen molar-refractivity contribution in [1.82, 2.24) is 10.0 Å². The summed E-state index contributed by atoms with van der Waals surface area (Å²) in [6.07, 6.45) is 3.38. The Morgan fingerprint density at radius 3 is 2.16 bits per heavy atom. The fraction of sp³-hybridized carbons (Fsp3) is 0.292. The van der Waals surface area contributed by atoms with Gasteiger partial charge in [0.15, 0.2) is 15.8 Å². The molecule has 0 aromatic heterocycles. The molecule has 0 saturated carbocycles. The minimum atomic E-state index is -4.27. The van der Waals surface area contributed by atoms with Crippen molar-refractivity contribution in [3.05, 3.63) is 47.5 Å². The first-order chi connectivity index (χ1) is 17.3. The smallest absolute Gasteiger partial charge is 0.264 e. The predicted molar refractivity (Wildman–Crippen MR) is 149 cm³/mol. The van der Waals surface area contributed by atoms with Crippen molar-refractivity contribution >= 4 is 73.4 Å². The molecule has 0 atom stereocenters. The Hall–Kier alpha value is -3.29. The average molecular weight is 567 g/mol. The van der Waals surface area contributed by atoms with Crippen molar-refractivity contribution in [2.24, 2.45) is 0 Å². The quantitative estimate of drug-likeness (QED) is 0.166. The van der Waals surface area contributed by atoms with E-state index in [9.17, 15) is 26.4 Å². The highest BCUT2D eigenvalue weighted by Gasteiger charge is 2.21. The molecule has 0 fully saturated rings. The summed E-state index contributed by atoms with van der Waals surface area (Å²) < 4.78 is 51.9. The molecule has 200 valence electrons. The zero-order chi connectivity index (χ0) is 27.8. The summed E-state index contributed by atoms with van der Waals surface area (Å²) in [5.41, 5.74) is 1.18.